The summed E-state index contributed by atoms with van der Waals surface area (Å²) in [6.45, 7) is 2.07. The molecule has 6 nitrogen and oxygen atoms in total. The van der Waals surface area contributed by atoms with Crippen LogP contribution < -0.4 is 10.4 Å². The lowest BCUT2D eigenvalue weighted by Gasteiger charge is -2.17. The van der Waals surface area contributed by atoms with E-state index in [1.54, 1.807) is 12.1 Å². The first kappa shape index (κ1) is 16.8. The molecular formula is C18H17FN5O-. The third-order valence-corrected chi connectivity index (χ3v) is 3.95. The first-order chi connectivity index (χ1) is 12.2. The average molecular weight is 338 g/mol. The smallest absolute Gasteiger partial charge is 0.232 e. The molecule has 1 atom stereocenters. The minimum absolute atomic E-state index is 0.243. The Morgan fingerprint density at radius 1 is 1.12 bits per heavy atom. The molecule has 1 N–H and O–H groups in total. The highest BCUT2D eigenvalue weighted by Gasteiger charge is 2.21. The number of tetrazole rings is 1. The number of benzene rings is 2. The molecule has 0 aliphatic rings. The van der Waals surface area contributed by atoms with Crippen molar-refractivity contribution in [3.05, 3.63) is 71.3 Å². The molecule has 0 aliphatic heterocycles. The van der Waals surface area contributed by atoms with Crippen LogP contribution in [0.4, 0.5) is 10.1 Å². The lowest BCUT2D eigenvalue weighted by molar-refractivity contribution is -0.117. The van der Waals surface area contributed by atoms with Crippen molar-refractivity contribution >= 4 is 11.6 Å². The molecule has 0 aliphatic carbocycles. The van der Waals surface area contributed by atoms with Gasteiger partial charge in [0.15, 0.2) is 0 Å². The van der Waals surface area contributed by atoms with E-state index in [1.165, 1.54) is 17.7 Å². The van der Waals surface area contributed by atoms with Gasteiger partial charge in [-0.05, 0) is 48.2 Å². The van der Waals surface area contributed by atoms with Gasteiger partial charge in [0.25, 0.3) is 0 Å². The highest BCUT2D eigenvalue weighted by Crippen LogP contribution is 2.20. The molecule has 1 heterocycles. The molecule has 25 heavy (non-hydrogen) atoms. The molecule has 0 radical (unpaired) electrons. The van der Waals surface area contributed by atoms with Gasteiger partial charge in [0.05, 0.1) is 5.92 Å². The van der Waals surface area contributed by atoms with Crippen LogP contribution in [-0.2, 0) is 17.6 Å². The summed E-state index contributed by atoms with van der Waals surface area (Å²) in [5.41, 5.74) is 2.68. The molecule has 128 valence electrons. The van der Waals surface area contributed by atoms with E-state index in [1.807, 2.05) is 24.3 Å². The molecule has 0 saturated carbocycles. The predicted molar refractivity (Wildman–Crippen MR) is 90.4 cm³/mol. The zero-order chi connectivity index (χ0) is 17.6. The summed E-state index contributed by atoms with van der Waals surface area (Å²) in [6.07, 6.45) is 1.26. The number of hydrogen-bond acceptors (Lipinski definition) is 4. The van der Waals surface area contributed by atoms with Gasteiger partial charge in [-0.25, -0.2) is 4.39 Å². The van der Waals surface area contributed by atoms with E-state index in [2.05, 4.69) is 32.9 Å². The van der Waals surface area contributed by atoms with Crippen molar-refractivity contribution in [2.75, 3.05) is 5.32 Å². The van der Waals surface area contributed by atoms with Crippen LogP contribution in [0.15, 0.2) is 48.5 Å². The van der Waals surface area contributed by atoms with Crippen LogP contribution in [0, 0.1) is 5.82 Å². The van der Waals surface area contributed by atoms with Gasteiger partial charge in [0.1, 0.15) is 5.82 Å². The Balaban J connectivity index is 1.78. The third-order valence-electron chi connectivity index (χ3n) is 3.95. The molecule has 0 fully saturated rings. The number of aromatic nitrogens is 4. The molecule has 3 rings (SSSR count). The Morgan fingerprint density at radius 2 is 1.80 bits per heavy atom. The fraction of sp³-hybridized carbons (Fsp3) is 0.222. The van der Waals surface area contributed by atoms with Crippen molar-refractivity contribution in [3.63, 3.8) is 0 Å². The summed E-state index contributed by atoms with van der Waals surface area (Å²) in [7, 11) is 0. The van der Waals surface area contributed by atoms with E-state index in [-0.39, 0.29) is 17.5 Å². The van der Waals surface area contributed by atoms with Crippen LogP contribution in [0.2, 0.25) is 0 Å². The molecule has 2 aromatic carbocycles. The monoisotopic (exact) mass is 338 g/mol. The van der Waals surface area contributed by atoms with Gasteiger partial charge in [0, 0.05) is 11.5 Å². The SMILES string of the molecule is CCc1ccc(NC(=O)[C@H](Cc2ccc(F)cc2)c2nnn[n-]2)cc1. The van der Waals surface area contributed by atoms with Gasteiger partial charge in [-0.3, -0.25) is 15.1 Å². The summed E-state index contributed by atoms with van der Waals surface area (Å²) in [6, 6.07) is 13.6. The quantitative estimate of drug-likeness (QED) is 0.747. The molecule has 1 amide bonds. The maximum Gasteiger partial charge on any atom is 0.232 e. The van der Waals surface area contributed by atoms with E-state index in [9.17, 15) is 9.18 Å². The van der Waals surface area contributed by atoms with E-state index < -0.39 is 5.92 Å². The van der Waals surface area contributed by atoms with Crippen LogP contribution >= 0.6 is 0 Å². The number of nitrogens with one attached hydrogen (secondary N) is 1. The van der Waals surface area contributed by atoms with Crippen LogP contribution in [-0.4, -0.2) is 21.4 Å². The fourth-order valence-corrected chi connectivity index (χ4v) is 2.50. The summed E-state index contributed by atoms with van der Waals surface area (Å²) in [4.78, 5) is 12.7. The van der Waals surface area contributed by atoms with Crippen LogP contribution in [0.1, 0.15) is 29.8 Å². The lowest BCUT2D eigenvalue weighted by Crippen LogP contribution is -2.24. The Labute approximate surface area is 144 Å². The summed E-state index contributed by atoms with van der Waals surface area (Å²) < 4.78 is 13.1. The molecule has 1 aromatic heterocycles. The van der Waals surface area contributed by atoms with Crippen LogP contribution in [0.3, 0.4) is 0 Å². The van der Waals surface area contributed by atoms with Crippen molar-refractivity contribution in [1.29, 1.82) is 0 Å². The van der Waals surface area contributed by atoms with E-state index in [4.69, 9.17) is 0 Å². The third kappa shape index (κ3) is 4.26. The van der Waals surface area contributed by atoms with Crippen LogP contribution in [0.5, 0.6) is 0 Å². The van der Waals surface area contributed by atoms with E-state index in [0.717, 1.165) is 12.0 Å². The number of carbonyl (C=O) groups excluding carboxylic acids is 1. The lowest BCUT2D eigenvalue weighted by atomic mass is 9.97. The number of hydrogen-bond donors (Lipinski definition) is 1. The maximum absolute atomic E-state index is 13.1. The first-order valence-electron chi connectivity index (χ1n) is 7.98. The van der Waals surface area contributed by atoms with Gasteiger partial charge < -0.3 is 10.4 Å². The average Bonchev–Trinajstić information content (AvgIpc) is 3.16. The van der Waals surface area contributed by atoms with Gasteiger partial charge in [-0.15, -0.1) is 0 Å². The molecular weight excluding hydrogens is 321 g/mol. The largest absolute Gasteiger partial charge is 0.335 e. The van der Waals surface area contributed by atoms with Crippen molar-refractivity contribution in [1.82, 2.24) is 20.6 Å². The topological polar surface area (TPSA) is 81.9 Å². The van der Waals surface area contributed by atoms with Gasteiger partial charge in [-0.1, -0.05) is 31.2 Å². The molecule has 0 saturated heterocycles. The normalized spacial score (nSPS) is 11.9. The molecule has 0 spiro atoms. The first-order valence-corrected chi connectivity index (χ1v) is 7.98. The Kier molecular flexibility index (Phi) is 5.13. The zero-order valence-corrected chi connectivity index (χ0v) is 13.7. The molecule has 0 unspecified atom stereocenters. The predicted octanol–water partition coefficient (Wildman–Crippen LogP) is 2.50. The van der Waals surface area contributed by atoms with Crippen molar-refractivity contribution in [2.45, 2.75) is 25.7 Å². The van der Waals surface area contributed by atoms with Gasteiger partial charge in [-0.2, -0.15) is 5.21 Å². The zero-order valence-electron chi connectivity index (χ0n) is 13.7. The number of aryl methyl sites for hydroxylation is 1. The second kappa shape index (κ2) is 7.65. The summed E-state index contributed by atoms with van der Waals surface area (Å²) >= 11 is 0. The second-order valence-electron chi connectivity index (χ2n) is 5.66. The summed E-state index contributed by atoms with van der Waals surface area (Å²) in [5.74, 6) is -1.00. The van der Waals surface area contributed by atoms with Gasteiger partial charge >= 0.3 is 0 Å². The highest BCUT2D eigenvalue weighted by atomic mass is 19.1. The number of amides is 1. The number of carbonyl (C=O) groups is 1. The summed E-state index contributed by atoms with van der Waals surface area (Å²) in [5, 5.41) is 17.4. The molecule has 0 bridgehead atoms. The standard InChI is InChI=1S/C18H18FN5O/c1-2-12-5-9-15(10-6-12)20-18(25)16(17-21-23-24-22-17)11-13-3-7-14(19)8-4-13/h3-10,16H,2,11H2,1H3,(H2,20,21,22,23,24,25)/p-1/t16-/m1/s1. The van der Waals surface area contributed by atoms with Crippen molar-refractivity contribution < 1.29 is 9.18 Å². The molecule has 7 heteroatoms. The minimum Gasteiger partial charge on any atom is -0.335 e. The Morgan fingerprint density at radius 3 is 2.40 bits per heavy atom. The maximum atomic E-state index is 13.1. The Hall–Kier alpha value is -3.09. The van der Waals surface area contributed by atoms with E-state index >= 15 is 0 Å². The highest BCUT2D eigenvalue weighted by molar-refractivity contribution is 5.95. The van der Waals surface area contributed by atoms with Crippen molar-refractivity contribution in [3.8, 4) is 0 Å². The second-order valence-corrected chi connectivity index (χ2v) is 5.66. The van der Waals surface area contributed by atoms with Crippen molar-refractivity contribution in [2.24, 2.45) is 0 Å². The number of anilines is 1. The number of halogens is 1. The molecule has 3 aromatic rings. The number of rotatable bonds is 6. The minimum atomic E-state index is -0.661. The Bertz CT molecular complexity index is 816. The van der Waals surface area contributed by atoms with Crippen LogP contribution in [0.25, 0.3) is 0 Å². The fourth-order valence-electron chi connectivity index (χ4n) is 2.50. The number of nitrogens with zero attached hydrogens (tertiary/aromatic N) is 4. The van der Waals surface area contributed by atoms with E-state index in [0.29, 0.717) is 12.1 Å². The van der Waals surface area contributed by atoms with Gasteiger partial charge in [0.2, 0.25) is 5.91 Å².